The van der Waals surface area contributed by atoms with Crippen molar-refractivity contribution in [1.82, 2.24) is 4.90 Å². The Hall–Kier alpha value is -0.870. The number of halogens is 1. The molecule has 1 fully saturated rings. The number of hydrogen-bond donors (Lipinski definition) is 1. The minimum Gasteiger partial charge on any atom is -0.399 e. The first-order chi connectivity index (χ1) is 10.1. The van der Waals surface area contributed by atoms with E-state index in [1.165, 1.54) is 31.0 Å². The van der Waals surface area contributed by atoms with Crippen molar-refractivity contribution in [2.75, 3.05) is 18.0 Å². The smallest absolute Gasteiger partial charge is 0.233 e. The zero-order chi connectivity index (χ0) is 15.2. The number of nitrogens with zero attached hydrogens (tertiary/aromatic N) is 1. The molecule has 1 aliphatic carbocycles. The van der Waals surface area contributed by atoms with Crippen molar-refractivity contribution in [2.45, 2.75) is 50.0 Å². The van der Waals surface area contributed by atoms with Crippen molar-refractivity contribution in [3.05, 3.63) is 23.2 Å². The quantitative estimate of drug-likeness (QED) is 0.651. The summed E-state index contributed by atoms with van der Waals surface area (Å²) in [6, 6.07) is 5.86. The second-order valence-corrected chi connectivity index (χ2v) is 6.87. The lowest BCUT2D eigenvalue weighted by Crippen LogP contribution is -2.42. The number of amides is 1. The summed E-state index contributed by atoms with van der Waals surface area (Å²) in [5, 5.41) is 0.619. The number of hydrogen-bond acceptors (Lipinski definition) is 3. The van der Waals surface area contributed by atoms with Gasteiger partial charge in [0.1, 0.15) is 0 Å². The fourth-order valence-corrected chi connectivity index (χ4v) is 4.05. The molecule has 1 amide bonds. The van der Waals surface area contributed by atoms with E-state index in [9.17, 15) is 4.79 Å². The minimum atomic E-state index is 0.210. The minimum absolute atomic E-state index is 0.210. The lowest BCUT2D eigenvalue weighted by molar-refractivity contribution is -0.131. The lowest BCUT2D eigenvalue weighted by atomic mass is 9.94. The number of benzene rings is 1. The molecule has 0 aliphatic heterocycles. The third kappa shape index (κ3) is 4.55. The Morgan fingerprint density at radius 1 is 1.38 bits per heavy atom. The average Bonchev–Trinajstić information content (AvgIpc) is 2.48. The number of carbonyl (C=O) groups excluding carboxylic acids is 1. The highest BCUT2D eigenvalue weighted by Crippen LogP contribution is 2.30. The van der Waals surface area contributed by atoms with Gasteiger partial charge in [-0.25, -0.2) is 0 Å². The predicted molar refractivity (Wildman–Crippen MR) is 90.8 cm³/mol. The highest BCUT2D eigenvalue weighted by Gasteiger charge is 2.24. The van der Waals surface area contributed by atoms with Crippen LogP contribution in [0.25, 0.3) is 0 Å². The van der Waals surface area contributed by atoms with Gasteiger partial charge < -0.3 is 10.6 Å². The molecule has 0 bridgehead atoms. The van der Waals surface area contributed by atoms with Crippen LogP contribution >= 0.6 is 23.4 Å². The van der Waals surface area contributed by atoms with Crippen molar-refractivity contribution in [2.24, 2.45) is 0 Å². The van der Waals surface area contributed by atoms with Gasteiger partial charge >= 0.3 is 0 Å². The van der Waals surface area contributed by atoms with E-state index in [0.29, 0.717) is 22.5 Å². The maximum atomic E-state index is 12.5. The molecule has 1 aromatic rings. The first-order valence-electron chi connectivity index (χ1n) is 7.59. The summed E-state index contributed by atoms with van der Waals surface area (Å²) in [6.45, 7) is 2.85. The van der Waals surface area contributed by atoms with Gasteiger partial charge in [0.05, 0.1) is 10.8 Å². The average molecular weight is 327 g/mol. The second kappa shape index (κ2) is 7.95. The molecular formula is C16H23ClN2OS. The van der Waals surface area contributed by atoms with Crippen molar-refractivity contribution < 1.29 is 4.79 Å². The van der Waals surface area contributed by atoms with E-state index in [4.69, 9.17) is 17.3 Å². The van der Waals surface area contributed by atoms with E-state index in [0.717, 1.165) is 24.3 Å². The van der Waals surface area contributed by atoms with Gasteiger partial charge in [0.2, 0.25) is 5.91 Å². The molecule has 1 aromatic carbocycles. The van der Waals surface area contributed by atoms with E-state index in [1.807, 2.05) is 17.0 Å². The molecule has 0 atom stereocenters. The van der Waals surface area contributed by atoms with Crippen LogP contribution in [0.3, 0.4) is 0 Å². The summed E-state index contributed by atoms with van der Waals surface area (Å²) in [5.74, 6) is 0.649. The van der Waals surface area contributed by atoms with E-state index >= 15 is 0 Å². The van der Waals surface area contributed by atoms with Crippen molar-refractivity contribution >= 4 is 35.0 Å². The maximum Gasteiger partial charge on any atom is 0.233 e. The summed E-state index contributed by atoms with van der Waals surface area (Å²) in [7, 11) is 0. The highest BCUT2D eigenvalue weighted by molar-refractivity contribution is 8.00. The standard InChI is InChI=1S/C16H23ClN2OS/c1-2-19(13-6-4-3-5-7-13)16(20)11-21-15-9-8-12(18)10-14(15)17/h8-10,13H,2-7,11,18H2,1H3. The lowest BCUT2D eigenvalue weighted by Gasteiger charge is -2.33. The molecule has 0 aromatic heterocycles. The summed E-state index contributed by atoms with van der Waals surface area (Å²) < 4.78 is 0. The highest BCUT2D eigenvalue weighted by atomic mass is 35.5. The maximum absolute atomic E-state index is 12.5. The molecule has 0 saturated heterocycles. The van der Waals surface area contributed by atoms with Gasteiger partial charge in [-0.1, -0.05) is 30.9 Å². The van der Waals surface area contributed by atoms with Gasteiger partial charge in [-0.2, -0.15) is 0 Å². The van der Waals surface area contributed by atoms with Crippen LogP contribution in [-0.4, -0.2) is 29.1 Å². The van der Waals surface area contributed by atoms with Crippen molar-refractivity contribution in [3.8, 4) is 0 Å². The number of carbonyl (C=O) groups is 1. The molecule has 2 rings (SSSR count). The van der Waals surface area contributed by atoms with Crippen LogP contribution in [-0.2, 0) is 4.79 Å². The molecule has 21 heavy (non-hydrogen) atoms. The Kier molecular flexibility index (Phi) is 6.24. The fourth-order valence-electron chi connectivity index (χ4n) is 2.89. The molecule has 2 N–H and O–H groups in total. The van der Waals surface area contributed by atoms with Crippen LogP contribution in [0.2, 0.25) is 5.02 Å². The fraction of sp³-hybridized carbons (Fsp3) is 0.562. The molecule has 5 heteroatoms. The van der Waals surface area contributed by atoms with Gasteiger partial charge in [0.15, 0.2) is 0 Å². The number of anilines is 1. The van der Waals surface area contributed by atoms with Crippen LogP contribution in [0.5, 0.6) is 0 Å². The zero-order valence-corrected chi connectivity index (χ0v) is 14.1. The first-order valence-corrected chi connectivity index (χ1v) is 8.95. The van der Waals surface area contributed by atoms with E-state index in [-0.39, 0.29) is 5.91 Å². The largest absolute Gasteiger partial charge is 0.399 e. The molecule has 1 aliphatic rings. The number of nitrogen functional groups attached to an aromatic ring is 1. The molecule has 116 valence electrons. The Balaban J connectivity index is 1.92. The summed E-state index contributed by atoms with van der Waals surface area (Å²) >= 11 is 7.64. The van der Waals surface area contributed by atoms with Crippen molar-refractivity contribution in [3.63, 3.8) is 0 Å². The van der Waals surface area contributed by atoms with Crippen molar-refractivity contribution in [1.29, 1.82) is 0 Å². The van der Waals surface area contributed by atoms with E-state index < -0.39 is 0 Å². The Morgan fingerprint density at radius 2 is 2.10 bits per heavy atom. The van der Waals surface area contributed by atoms with Gasteiger partial charge in [0, 0.05) is 23.2 Å². The van der Waals surface area contributed by atoms with Crippen LogP contribution in [0.4, 0.5) is 5.69 Å². The molecule has 0 radical (unpaired) electrons. The van der Waals surface area contributed by atoms with E-state index in [1.54, 1.807) is 6.07 Å². The molecule has 0 spiro atoms. The number of thioether (sulfide) groups is 1. The van der Waals surface area contributed by atoms with Crippen LogP contribution in [0.15, 0.2) is 23.1 Å². The van der Waals surface area contributed by atoms with Crippen LogP contribution in [0.1, 0.15) is 39.0 Å². The predicted octanol–water partition coefficient (Wildman–Crippen LogP) is 4.20. The summed E-state index contributed by atoms with van der Waals surface area (Å²) in [5.41, 5.74) is 6.33. The van der Waals surface area contributed by atoms with E-state index in [2.05, 4.69) is 6.92 Å². The van der Waals surface area contributed by atoms with Gasteiger partial charge in [-0.05, 0) is 38.0 Å². The topological polar surface area (TPSA) is 46.3 Å². The van der Waals surface area contributed by atoms with Gasteiger partial charge in [-0.3, -0.25) is 4.79 Å². The zero-order valence-electron chi connectivity index (χ0n) is 12.5. The second-order valence-electron chi connectivity index (χ2n) is 5.45. The molecule has 0 heterocycles. The molecule has 1 saturated carbocycles. The first kappa shape index (κ1) is 16.5. The number of rotatable bonds is 5. The third-order valence-electron chi connectivity index (χ3n) is 3.98. The Bertz CT molecular complexity index is 489. The van der Waals surface area contributed by atoms with Crippen LogP contribution < -0.4 is 5.73 Å². The van der Waals surface area contributed by atoms with Gasteiger partial charge in [-0.15, -0.1) is 11.8 Å². The molecular weight excluding hydrogens is 304 g/mol. The summed E-state index contributed by atoms with van der Waals surface area (Å²) in [6.07, 6.45) is 6.08. The molecule has 3 nitrogen and oxygen atoms in total. The van der Waals surface area contributed by atoms with Crippen LogP contribution in [0, 0.1) is 0 Å². The third-order valence-corrected chi connectivity index (χ3v) is 5.47. The normalized spacial score (nSPS) is 15.9. The monoisotopic (exact) mass is 326 g/mol. The Morgan fingerprint density at radius 3 is 2.71 bits per heavy atom. The SMILES string of the molecule is CCN(C(=O)CSc1ccc(N)cc1Cl)C1CCCCC1. The Labute approximate surface area is 136 Å². The van der Waals surface area contributed by atoms with Gasteiger partial charge in [0.25, 0.3) is 0 Å². The summed E-state index contributed by atoms with van der Waals surface area (Å²) in [4.78, 5) is 15.4. The molecule has 0 unspecified atom stereocenters. The number of nitrogens with two attached hydrogens (primary N) is 1.